The molecule has 7 nitrogen and oxygen atoms in total. The van der Waals surface area contributed by atoms with Gasteiger partial charge in [-0.15, -0.1) is 0 Å². The summed E-state index contributed by atoms with van der Waals surface area (Å²) in [6.45, 7) is 4.10. The summed E-state index contributed by atoms with van der Waals surface area (Å²) in [7, 11) is -3.82. The number of rotatable bonds is 14. The van der Waals surface area contributed by atoms with Gasteiger partial charge in [0.15, 0.2) is 0 Å². The van der Waals surface area contributed by atoms with Gasteiger partial charge in [0, 0.05) is 24.5 Å². The number of amides is 2. The Kier molecular flexibility index (Phi) is 11.6. The number of carbonyl (C=O) groups is 2. The third kappa shape index (κ3) is 8.83. The highest BCUT2D eigenvalue weighted by molar-refractivity contribution is 7.92. The van der Waals surface area contributed by atoms with E-state index in [4.69, 9.17) is 11.6 Å². The first-order chi connectivity index (χ1) is 19.1. The van der Waals surface area contributed by atoms with E-state index in [0.29, 0.717) is 23.7 Å². The number of hydrogen-bond acceptors (Lipinski definition) is 4. The van der Waals surface area contributed by atoms with Crippen molar-refractivity contribution < 1.29 is 18.0 Å². The predicted octanol–water partition coefficient (Wildman–Crippen LogP) is 5.22. The number of carbonyl (C=O) groups excluding carboxylic acids is 2. The lowest BCUT2D eigenvalue weighted by atomic mass is 10.0. The van der Waals surface area contributed by atoms with Gasteiger partial charge in [-0.05, 0) is 47.7 Å². The second-order valence-electron chi connectivity index (χ2n) is 9.75. The molecule has 2 amide bonds. The number of aryl methyl sites for hydroxylation is 1. The highest BCUT2D eigenvalue weighted by atomic mass is 35.5. The zero-order valence-corrected chi connectivity index (χ0v) is 24.9. The molecule has 3 aromatic rings. The molecule has 0 spiro atoms. The molecule has 1 atom stereocenters. The standard InChI is InChI=1S/C31H38ClN3O4S/c1-4-6-19-33-31(37)29(21-24-13-8-7-9-14-24)34(22-25-15-12-17-27(32)20-25)30(36)23-35(40(3,38)39)28-18-11-10-16-26(28)5-2/h7-18,20,29H,4-6,19,21-23H2,1-3H3,(H,33,37)/t29-/m1/s1. The van der Waals surface area contributed by atoms with Crippen LogP contribution in [-0.2, 0) is 39.0 Å². The second kappa shape index (κ2) is 14.9. The zero-order valence-electron chi connectivity index (χ0n) is 23.3. The van der Waals surface area contributed by atoms with E-state index < -0.39 is 28.5 Å². The van der Waals surface area contributed by atoms with Crippen LogP contribution in [0.2, 0.25) is 5.02 Å². The van der Waals surface area contributed by atoms with Gasteiger partial charge in [0.25, 0.3) is 0 Å². The smallest absolute Gasteiger partial charge is 0.244 e. The lowest BCUT2D eigenvalue weighted by Crippen LogP contribution is -2.53. The monoisotopic (exact) mass is 583 g/mol. The van der Waals surface area contributed by atoms with Gasteiger partial charge in [-0.1, -0.05) is 92.5 Å². The van der Waals surface area contributed by atoms with Crippen LogP contribution in [0.4, 0.5) is 5.69 Å². The van der Waals surface area contributed by atoms with Crippen molar-refractivity contribution in [3.05, 3.63) is 101 Å². The summed E-state index contributed by atoms with van der Waals surface area (Å²) < 4.78 is 27.1. The van der Waals surface area contributed by atoms with Gasteiger partial charge in [-0.3, -0.25) is 13.9 Å². The van der Waals surface area contributed by atoms with Crippen LogP contribution in [0.3, 0.4) is 0 Å². The van der Waals surface area contributed by atoms with Gasteiger partial charge in [0.2, 0.25) is 21.8 Å². The average molecular weight is 584 g/mol. The third-order valence-corrected chi connectivity index (χ3v) is 8.02. The van der Waals surface area contributed by atoms with Gasteiger partial charge in [0.1, 0.15) is 12.6 Å². The van der Waals surface area contributed by atoms with E-state index in [1.807, 2.05) is 62.4 Å². The Morgan fingerprint density at radius 2 is 1.60 bits per heavy atom. The van der Waals surface area contributed by atoms with E-state index >= 15 is 0 Å². The molecule has 0 bridgehead atoms. The molecule has 0 radical (unpaired) electrons. The summed E-state index contributed by atoms with van der Waals surface area (Å²) in [5, 5.41) is 3.49. The van der Waals surface area contributed by atoms with Crippen LogP contribution in [0.15, 0.2) is 78.9 Å². The van der Waals surface area contributed by atoms with Gasteiger partial charge in [-0.2, -0.15) is 0 Å². The lowest BCUT2D eigenvalue weighted by molar-refractivity contribution is -0.140. The van der Waals surface area contributed by atoms with E-state index in [9.17, 15) is 18.0 Å². The topological polar surface area (TPSA) is 86.8 Å². The normalized spacial score (nSPS) is 12.0. The largest absolute Gasteiger partial charge is 0.354 e. The van der Waals surface area contributed by atoms with E-state index in [1.165, 1.54) is 4.90 Å². The summed E-state index contributed by atoms with van der Waals surface area (Å²) >= 11 is 6.25. The number of para-hydroxylation sites is 1. The van der Waals surface area contributed by atoms with Crippen molar-refractivity contribution in [1.29, 1.82) is 0 Å². The molecular weight excluding hydrogens is 546 g/mol. The Morgan fingerprint density at radius 3 is 2.25 bits per heavy atom. The number of hydrogen-bond donors (Lipinski definition) is 1. The molecule has 0 fully saturated rings. The van der Waals surface area contributed by atoms with Crippen molar-refractivity contribution in [2.45, 2.75) is 52.1 Å². The maximum atomic E-state index is 14.1. The van der Waals surface area contributed by atoms with E-state index in [-0.39, 0.29) is 18.9 Å². The van der Waals surface area contributed by atoms with Crippen LogP contribution in [0.1, 0.15) is 43.4 Å². The molecule has 0 aliphatic heterocycles. The van der Waals surface area contributed by atoms with Crippen LogP contribution in [0.25, 0.3) is 0 Å². The molecule has 9 heteroatoms. The zero-order chi connectivity index (χ0) is 29.1. The SMILES string of the molecule is CCCCNC(=O)[C@@H](Cc1ccccc1)N(Cc1cccc(Cl)c1)C(=O)CN(c1ccccc1CC)S(C)(=O)=O. The van der Waals surface area contributed by atoms with Crippen molar-refractivity contribution in [3.8, 4) is 0 Å². The van der Waals surface area contributed by atoms with Crippen LogP contribution >= 0.6 is 11.6 Å². The molecule has 40 heavy (non-hydrogen) atoms. The Labute approximate surface area is 243 Å². The predicted molar refractivity (Wildman–Crippen MR) is 162 cm³/mol. The number of nitrogens with zero attached hydrogens (tertiary/aromatic N) is 2. The molecular formula is C31H38ClN3O4S. The van der Waals surface area contributed by atoms with Gasteiger partial charge < -0.3 is 10.2 Å². The number of sulfonamides is 1. The summed E-state index contributed by atoms with van der Waals surface area (Å²) in [5.41, 5.74) is 2.88. The Morgan fingerprint density at radius 1 is 0.925 bits per heavy atom. The van der Waals surface area contributed by atoms with Gasteiger partial charge in [0.05, 0.1) is 11.9 Å². The first-order valence-electron chi connectivity index (χ1n) is 13.5. The van der Waals surface area contributed by atoms with E-state index in [1.54, 1.807) is 30.3 Å². The molecule has 0 aliphatic carbocycles. The van der Waals surface area contributed by atoms with Crippen LogP contribution < -0.4 is 9.62 Å². The Hall–Kier alpha value is -3.36. The summed E-state index contributed by atoms with van der Waals surface area (Å²) in [6, 6.07) is 22.9. The van der Waals surface area contributed by atoms with Crippen molar-refractivity contribution in [1.82, 2.24) is 10.2 Å². The third-order valence-electron chi connectivity index (χ3n) is 6.66. The summed E-state index contributed by atoms with van der Waals surface area (Å²) in [6.07, 6.45) is 3.68. The average Bonchev–Trinajstić information content (AvgIpc) is 2.93. The molecule has 3 rings (SSSR count). The second-order valence-corrected chi connectivity index (χ2v) is 12.1. The molecule has 0 aliphatic rings. The molecule has 0 unspecified atom stereocenters. The fraction of sp³-hybridized carbons (Fsp3) is 0.355. The quantitative estimate of drug-likeness (QED) is 0.263. The Balaban J connectivity index is 2.05. The fourth-order valence-electron chi connectivity index (χ4n) is 4.54. The number of nitrogens with one attached hydrogen (secondary N) is 1. The number of anilines is 1. The van der Waals surface area contributed by atoms with Crippen LogP contribution in [-0.4, -0.2) is 50.5 Å². The number of benzene rings is 3. The first kappa shape index (κ1) is 31.2. The minimum Gasteiger partial charge on any atom is -0.354 e. The molecule has 0 heterocycles. The van der Waals surface area contributed by atoms with E-state index in [0.717, 1.165) is 40.1 Å². The Bertz CT molecular complexity index is 1380. The van der Waals surface area contributed by atoms with Crippen LogP contribution in [0, 0.1) is 0 Å². The molecule has 1 N–H and O–H groups in total. The highest BCUT2D eigenvalue weighted by Crippen LogP contribution is 2.25. The maximum Gasteiger partial charge on any atom is 0.244 e. The first-order valence-corrected chi connectivity index (χ1v) is 15.8. The van der Waals surface area contributed by atoms with Crippen molar-refractivity contribution in [2.24, 2.45) is 0 Å². The molecule has 0 saturated heterocycles. The van der Waals surface area contributed by atoms with Crippen molar-refractivity contribution in [2.75, 3.05) is 23.7 Å². The molecule has 0 saturated carbocycles. The van der Waals surface area contributed by atoms with Gasteiger partial charge in [-0.25, -0.2) is 8.42 Å². The summed E-state index contributed by atoms with van der Waals surface area (Å²) in [5.74, 6) is -0.768. The molecule has 214 valence electrons. The molecule has 3 aromatic carbocycles. The minimum absolute atomic E-state index is 0.0884. The van der Waals surface area contributed by atoms with E-state index in [2.05, 4.69) is 5.32 Å². The van der Waals surface area contributed by atoms with Crippen molar-refractivity contribution >= 4 is 39.1 Å². The summed E-state index contributed by atoms with van der Waals surface area (Å²) in [4.78, 5) is 29.2. The maximum absolute atomic E-state index is 14.1. The lowest BCUT2D eigenvalue weighted by Gasteiger charge is -2.34. The minimum atomic E-state index is -3.82. The number of halogens is 1. The van der Waals surface area contributed by atoms with Crippen molar-refractivity contribution in [3.63, 3.8) is 0 Å². The number of unbranched alkanes of at least 4 members (excludes halogenated alkanes) is 1. The van der Waals surface area contributed by atoms with Gasteiger partial charge >= 0.3 is 0 Å². The fourth-order valence-corrected chi connectivity index (χ4v) is 5.63. The highest BCUT2D eigenvalue weighted by Gasteiger charge is 2.33. The molecule has 0 aromatic heterocycles. The van der Waals surface area contributed by atoms with Crippen LogP contribution in [0.5, 0.6) is 0 Å².